The normalized spacial score (nSPS) is 18.7. The van der Waals surface area contributed by atoms with Gasteiger partial charge in [-0.3, -0.25) is 9.59 Å². The second-order valence-corrected chi connectivity index (χ2v) is 5.17. The van der Waals surface area contributed by atoms with Gasteiger partial charge in [0.1, 0.15) is 12.3 Å². The van der Waals surface area contributed by atoms with E-state index in [1.54, 1.807) is 7.05 Å². The first-order valence-electron chi connectivity index (χ1n) is 7.27. The van der Waals surface area contributed by atoms with Crippen LogP contribution in [0.25, 0.3) is 0 Å². The van der Waals surface area contributed by atoms with Crippen LogP contribution in [-0.4, -0.2) is 31.8 Å². The Morgan fingerprint density at radius 3 is 2.90 bits per heavy atom. The smallest absolute Gasteiger partial charge is 0.242 e. The zero-order valence-electron chi connectivity index (χ0n) is 12.2. The van der Waals surface area contributed by atoms with E-state index in [1.807, 2.05) is 25.1 Å². The van der Waals surface area contributed by atoms with Gasteiger partial charge >= 0.3 is 0 Å². The highest BCUT2D eigenvalue weighted by atomic mass is 16.2. The topological polar surface area (TPSA) is 49.4 Å². The maximum Gasteiger partial charge on any atom is 0.242 e. The molecule has 1 aliphatic rings. The Hall–Kier alpha value is -1.84. The third-order valence-corrected chi connectivity index (χ3v) is 4.02. The minimum atomic E-state index is -0.0967. The molecule has 4 nitrogen and oxygen atoms in total. The van der Waals surface area contributed by atoms with Crippen molar-refractivity contribution in [3.8, 4) is 0 Å². The average Bonchev–Trinajstić information content (AvgIpc) is 2.53. The lowest BCUT2D eigenvalue weighted by Crippen LogP contribution is -2.48. The van der Waals surface area contributed by atoms with Gasteiger partial charge in [-0.1, -0.05) is 6.92 Å². The summed E-state index contributed by atoms with van der Waals surface area (Å²) in [7, 11) is 1.68. The van der Waals surface area contributed by atoms with Gasteiger partial charge in [-0.05, 0) is 49.4 Å². The van der Waals surface area contributed by atoms with Crippen LogP contribution in [0.4, 0.5) is 5.69 Å². The van der Waals surface area contributed by atoms with E-state index in [-0.39, 0.29) is 11.9 Å². The predicted octanol–water partition coefficient (Wildman–Crippen LogP) is 2.17. The number of aldehydes is 1. The molecule has 1 N–H and O–H groups in total. The van der Waals surface area contributed by atoms with Gasteiger partial charge in [0.2, 0.25) is 5.91 Å². The molecule has 1 saturated heterocycles. The van der Waals surface area contributed by atoms with E-state index in [2.05, 4.69) is 10.2 Å². The highest BCUT2D eigenvalue weighted by Gasteiger charge is 2.28. The highest BCUT2D eigenvalue weighted by molar-refractivity contribution is 5.86. The van der Waals surface area contributed by atoms with Gasteiger partial charge in [-0.15, -0.1) is 0 Å². The number of nitrogens with one attached hydrogen (secondary N) is 1. The van der Waals surface area contributed by atoms with E-state index in [4.69, 9.17) is 0 Å². The van der Waals surface area contributed by atoms with Crippen molar-refractivity contribution in [2.24, 2.45) is 0 Å². The Labute approximate surface area is 120 Å². The van der Waals surface area contributed by atoms with Crippen LogP contribution in [0, 0.1) is 0 Å². The number of hydrogen-bond acceptors (Lipinski definition) is 3. The monoisotopic (exact) mass is 274 g/mol. The Morgan fingerprint density at radius 2 is 2.25 bits per heavy atom. The molecule has 0 aliphatic carbocycles. The number of likely N-dealkylation sites (N-methyl/N-ethyl adjacent to an activating group) is 1. The summed E-state index contributed by atoms with van der Waals surface area (Å²) in [5.74, 6) is 0.0715. The summed E-state index contributed by atoms with van der Waals surface area (Å²) in [6.45, 7) is 2.93. The summed E-state index contributed by atoms with van der Waals surface area (Å²) in [6.07, 6.45) is 4.79. The van der Waals surface area contributed by atoms with Crippen molar-refractivity contribution >= 4 is 17.9 Å². The highest BCUT2D eigenvalue weighted by Crippen LogP contribution is 2.27. The summed E-state index contributed by atoms with van der Waals surface area (Å²) in [6, 6.07) is 5.76. The number of carbonyl (C=O) groups excluding carboxylic acids is 2. The lowest BCUT2D eigenvalue weighted by atomic mass is 9.98. The molecule has 20 heavy (non-hydrogen) atoms. The zero-order chi connectivity index (χ0) is 14.5. The number of rotatable bonds is 4. The SMILES string of the molecule is CCc1cc(N2CCCCC2C(=O)NC)ccc1C=O. The summed E-state index contributed by atoms with van der Waals surface area (Å²) in [5, 5.41) is 2.75. The molecular formula is C16H22N2O2. The summed E-state index contributed by atoms with van der Waals surface area (Å²) >= 11 is 0. The van der Waals surface area contributed by atoms with Crippen LogP contribution in [0.3, 0.4) is 0 Å². The van der Waals surface area contributed by atoms with Gasteiger partial charge < -0.3 is 10.2 Å². The van der Waals surface area contributed by atoms with Crippen molar-refractivity contribution in [2.45, 2.75) is 38.6 Å². The van der Waals surface area contributed by atoms with Crippen molar-refractivity contribution in [1.29, 1.82) is 0 Å². The number of nitrogens with zero attached hydrogens (tertiary/aromatic N) is 1. The first kappa shape index (κ1) is 14.6. The summed E-state index contributed by atoms with van der Waals surface area (Å²) in [5.41, 5.74) is 2.82. The van der Waals surface area contributed by atoms with Gasteiger partial charge in [0.05, 0.1) is 0 Å². The quantitative estimate of drug-likeness (QED) is 0.856. The molecule has 1 aromatic carbocycles. The Bertz CT molecular complexity index is 499. The Kier molecular flexibility index (Phi) is 4.77. The molecule has 0 radical (unpaired) electrons. The summed E-state index contributed by atoms with van der Waals surface area (Å²) < 4.78 is 0. The van der Waals surface area contributed by atoms with E-state index < -0.39 is 0 Å². The van der Waals surface area contributed by atoms with Gasteiger partial charge in [-0.2, -0.15) is 0 Å². The number of carbonyl (C=O) groups is 2. The molecule has 2 rings (SSSR count). The molecule has 0 spiro atoms. The van der Waals surface area contributed by atoms with Crippen molar-refractivity contribution in [2.75, 3.05) is 18.5 Å². The fraction of sp³-hybridized carbons (Fsp3) is 0.500. The fourth-order valence-electron chi connectivity index (χ4n) is 2.87. The van der Waals surface area contributed by atoms with Crippen LogP contribution in [-0.2, 0) is 11.2 Å². The van der Waals surface area contributed by atoms with Crippen LogP contribution in [0.15, 0.2) is 18.2 Å². The lowest BCUT2D eigenvalue weighted by molar-refractivity contribution is -0.122. The first-order chi connectivity index (χ1) is 9.71. The number of piperidine rings is 1. The first-order valence-corrected chi connectivity index (χ1v) is 7.27. The molecule has 1 aromatic rings. The molecule has 1 atom stereocenters. The second-order valence-electron chi connectivity index (χ2n) is 5.17. The molecule has 0 bridgehead atoms. The minimum absolute atomic E-state index is 0.0715. The van der Waals surface area contributed by atoms with Gasteiger partial charge in [0, 0.05) is 24.8 Å². The molecule has 0 aromatic heterocycles. The van der Waals surface area contributed by atoms with E-state index in [9.17, 15) is 9.59 Å². The molecular weight excluding hydrogens is 252 g/mol. The van der Waals surface area contributed by atoms with Crippen LogP contribution < -0.4 is 10.2 Å². The predicted molar refractivity (Wildman–Crippen MR) is 80.3 cm³/mol. The molecule has 108 valence electrons. The average molecular weight is 274 g/mol. The molecule has 4 heteroatoms. The number of anilines is 1. The third kappa shape index (κ3) is 2.84. The maximum absolute atomic E-state index is 12.0. The number of hydrogen-bond donors (Lipinski definition) is 1. The van der Waals surface area contributed by atoms with Crippen LogP contribution >= 0.6 is 0 Å². The molecule has 1 heterocycles. The van der Waals surface area contributed by atoms with Gasteiger partial charge in [0.25, 0.3) is 0 Å². The molecule has 1 fully saturated rings. The van der Waals surface area contributed by atoms with E-state index in [1.165, 1.54) is 0 Å². The van der Waals surface area contributed by atoms with Crippen molar-refractivity contribution < 1.29 is 9.59 Å². The standard InChI is InChI=1S/C16H22N2O2/c1-3-12-10-14(8-7-13(12)11-19)18-9-5-4-6-15(18)16(20)17-2/h7-8,10-11,15H,3-6,9H2,1-2H3,(H,17,20). The molecule has 1 unspecified atom stereocenters. The zero-order valence-corrected chi connectivity index (χ0v) is 12.2. The molecule has 1 amide bonds. The van der Waals surface area contributed by atoms with Crippen LogP contribution in [0.5, 0.6) is 0 Å². The number of benzene rings is 1. The van der Waals surface area contributed by atoms with E-state index >= 15 is 0 Å². The van der Waals surface area contributed by atoms with Gasteiger partial charge in [-0.25, -0.2) is 0 Å². The Morgan fingerprint density at radius 1 is 1.45 bits per heavy atom. The summed E-state index contributed by atoms with van der Waals surface area (Å²) in [4.78, 5) is 25.2. The Balaban J connectivity index is 2.32. The largest absolute Gasteiger partial charge is 0.360 e. The van der Waals surface area contributed by atoms with Crippen molar-refractivity contribution in [1.82, 2.24) is 5.32 Å². The van der Waals surface area contributed by atoms with Crippen molar-refractivity contribution in [3.05, 3.63) is 29.3 Å². The third-order valence-electron chi connectivity index (χ3n) is 4.02. The lowest BCUT2D eigenvalue weighted by Gasteiger charge is -2.36. The second kappa shape index (κ2) is 6.55. The minimum Gasteiger partial charge on any atom is -0.360 e. The van der Waals surface area contributed by atoms with E-state index in [0.717, 1.165) is 55.3 Å². The van der Waals surface area contributed by atoms with Gasteiger partial charge in [0.15, 0.2) is 0 Å². The number of aryl methyl sites for hydroxylation is 1. The maximum atomic E-state index is 12.0. The van der Waals surface area contributed by atoms with E-state index in [0.29, 0.717) is 0 Å². The van der Waals surface area contributed by atoms with Crippen molar-refractivity contribution in [3.63, 3.8) is 0 Å². The number of amides is 1. The van der Waals surface area contributed by atoms with Crippen LogP contribution in [0.2, 0.25) is 0 Å². The molecule has 1 aliphatic heterocycles. The van der Waals surface area contributed by atoms with Crippen LogP contribution in [0.1, 0.15) is 42.1 Å². The molecule has 0 saturated carbocycles. The fourth-order valence-corrected chi connectivity index (χ4v) is 2.87.